The molecule has 0 radical (unpaired) electrons. The Hall–Kier alpha value is -1.36. The number of likely N-dealkylation sites (N-methyl/N-ethyl adjacent to an activating group) is 1. The lowest BCUT2D eigenvalue weighted by atomic mass is 10.1. The molecule has 0 atom stereocenters. The van der Waals surface area contributed by atoms with Crippen molar-refractivity contribution in [3.63, 3.8) is 0 Å². The highest BCUT2D eigenvalue weighted by Gasteiger charge is 1.93. The molecule has 0 saturated heterocycles. The number of benzene rings is 1. The second-order valence-electron chi connectivity index (χ2n) is 3.15. The minimum atomic E-state index is 0.588. The van der Waals surface area contributed by atoms with Crippen LogP contribution in [0, 0.1) is 0 Å². The van der Waals surface area contributed by atoms with Crippen LogP contribution >= 0.6 is 11.6 Å². The Morgan fingerprint density at radius 2 is 2.12 bits per heavy atom. The quantitative estimate of drug-likeness (QED) is 0.328. The number of halogens is 1. The fourth-order valence-corrected chi connectivity index (χ4v) is 1.31. The third-order valence-electron chi connectivity index (χ3n) is 1.86. The van der Waals surface area contributed by atoms with Crippen molar-refractivity contribution in [1.82, 2.24) is 10.7 Å². The molecule has 5 heteroatoms. The average molecular weight is 256 g/mol. The normalized spacial score (nSPS) is 10.2. The SMILES string of the molecule is CN/C(C=O)=C\Cc1cccc(Cl)c1.CNN. The number of allylic oxidation sites excluding steroid dienone is 2. The van der Waals surface area contributed by atoms with Gasteiger partial charge in [-0.15, -0.1) is 0 Å². The van der Waals surface area contributed by atoms with Crippen LogP contribution in [0.5, 0.6) is 0 Å². The molecule has 0 saturated carbocycles. The van der Waals surface area contributed by atoms with Crippen molar-refractivity contribution < 1.29 is 4.79 Å². The molecule has 0 fully saturated rings. The lowest BCUT2D eigenvalue weighted by molar-refractivity contribution is -0.105. The van der Waals surface area contributed by atoms with Gasteiger partial charge in [-0.1, -0.05) is 29.8 Å². The van der Waals surface area contributed by atoms with Gasteiger partial charge in [0.05, 0.1) is 5.70 Å². The van der Waals surface area contributed by atoms with Gasteiger partial charge in [0.15, 0.2) is 6.29 Å². The largest absolute Gasteiger partial charge is 0.386 e. The molecule has 4 N–H and O–H groups in total. The minimum absolute atomic E-state index is 0.588. The van der Waals surface area contributed by atoms with Crippen LogP contribution in [-0.4, -0.2) is 20.4 Å². The number of hydrogen-bond donors (Lipinski definition) is 3. The van der Waals surface area contributed by atoms with E-state index < -0.39 is 0 Å². The number of hydrazine groups is 1. The zero-order valence-electron chi connectivity index (χ0n) is 10.0. The summed E-state index contributed by atoms with van der Waals surface area (Å²) >= 11 is 5.82. The summed E-state index contributed by atoms with van der Waals surface area (Å²) in [5.74, 6) is 4.60. The van der Waals surface area contributed by atoms with E-state index in [0.717, 1.165) is 11.8 Å². The zero-order valence-corrected chi connectivity index (χ0v) is 10.8. The van der Waals surface area contributed by atoms with Crippen LogP contribution in [0.25, 0.3) is 0 Å². The second-order valence-corrected chi connectivity index (χ2v) is 3.59. The van der Waals surface area contributed by atoms with Crippen molar-refractivity contribution in [3.05, 3.63) is 46.6 Å². The zero-order chi connectivity index (χ0) is 13.1. The van der Waals surface area contributed by atoms with Crippen LogP contribution in [0.4, 0.5) is 0 Å². The molecule has 1 aromatic carbocycles. The van der Waals surface area contributed by atoms with Crippen molar-refractivity contribution in [1.29, 1.82) is 0 Å². The molecule has 1 rings (SSSR count). The van der Waals surface area contributed by atoms with Crippen molar-refractivity contribution in [2.24, 2.45) is 5.84 Å². The van der Waals surface area contributed by atoms with E-state index in [1.165, 1.54) is 0 Å². The molecule has 0 aliphatic rings. The maximum absolute atomic E-state index is 10.5. The molecular formula is C12H18ClN3O. The highest BCUT2D eigenvalue weighted by molar-refractivity contribution is 6.30. The number of hydrogen-bond acceptors (Lipinski definition) is 4. The van der Waals surface area contributed by atoms with Crippen LogP contribution in [0.1, 0.15) is 5.56 Å². The van der Waals surface area contributed by atoms with Crippen LogP contribution in [0.2, 0.25) is 5.02 Å². The molecule has 94 valence electrons. The minimum Gasteiger partial charge on any atom is -0.386 e. The molecule has 0 aromatic heterocycles. The van der Waals surface area contributed by atoms with Gasteiger partial charge in [0.2, 0.25) is 0 Å². The first kappa shape index (κ1) is 15.6. The topological polar surface area (TPSA) is 67.2 Å². The van der Waals surface area contributed by atoms with E-state index in [1.54, 1.807) is 14.1 Å². The number of nitrogens with one attached hydrogen (secondary N) is 2. The summed E-state index contributed by atoms with van der Waals surface area (Å²) < 4.78 is 0. The van der Waals surface area contributed by atoms with Gasteiger partial charge in [-0.2, -0.15) is 0 Å². The molecule has 17 heavy (non-hydrogen) atoms. The fraction of sp³-hybridized carbons (Fsp3) is 0.250. The Bertz CT molecular complexity index is 367. The van der Waals surface area contributed by atoms with Gasteiger partial charge in [0.25, 0.3) is 0 Å². The number of rotatable bonds is 4. The number of carbonyl (C=O) groups is 1. The standard InChI is InChI=1S/C11H12ClNO.CH6N2/c1-13-11(8-14)6-5-9-3-2-4-10(12)7-9;1-3-2/h2-4,6-8,13H,5H2,1H3;3H,2H2,1H3/b11-6-;. The van der Waals surface area contributed by atoms with E-state index in [4.69, 9.17) is 11.6 Å². The summed E-state index contributed by atoms with van der Waals surface area (Å²) in [4.78, 5) is 10.5. The van der Waals surface area contributed by atoms with Crippen molar-refractivity contribution in [2.45, 2.75) is 6.42 Å². The van der Waals surface area contributed by atoms with E-state index in [1.807, 2.05) is 30.3 Å². The van der Waals surface area contributed by atoms with E-state index >= 15 is 0 Å². The van der Waals surface area contributed by atoms with Gasteiger partial charge in [-0.3, -0.25) is 16.1 Å². The van der Waals surface area contributed by atoms with Gasteiger partial charge in [-0.05, 0) is 31.2 Å². The first-order valence-electron chi connectivity index (χ1n) is 5.12. The summed E-state index contributed by atoms with van der Waals surface area (Å²) in [5, 5.41) is 3.51. The van der Waals surface area contributed by atoms with Crippen LogP contribution in [0.3, 0.4) is 0 Å². The molecule has 0 aliphatic heterocycles. The molecule has 0 heterocycles. The predicted molar refractivity (Wildman–Crippen MR) is 71.6 cm³/mol. The monoisotopic (exact) mass is 255 g/mol. The molecule has 0 amide bonds. The molecule has 4 nitrogen and oxygen atoms in total. The second kappa shape index (κ2) is 9.84. The van der Waals surface area contributed by atoms with Gasteiger partial charge in [0.1, 0.15) is 0 Å². The molecule has 0 bridgehead atoms. The molecular weight excluding hydrogens is 238 g/mol. The Morgan fingerprint density at radius 1 is 1.47 bits per heavy atom. The lowest BCUT2D eigenvalue weighted by Crippen LogP contribution is -2.13. The molecule has 0 spiro atoms. The van der Waals surface area contributed by atoms with Crippen molar-refractivity contribution >= 4 is 17.9 Å². The van der Waals surface area contributed by atoms with Crippen LogP contribution in [-0.2, 0) is 11.2 Å². The highest BCUT2D eigenvalue weighted by Crippen LogP contribution is 2.11. The number of carbonyl (C=O) groups excluding carboxylic acids is 1. The Morgan fingerprint density at radius 3 is 2.59 bits per heavy atom. The summed E-state index contributed by atoms with van der Waals surface area (Å²) in [6.07, 6.45) is 3.33. The summed E-state index contributed by atoms with van der Waals surface area (Å²) in [6, 6.07) is 7.58. The van der Waals surface area contributed by atoms with E-state index in [-0.39, 0.29) is 0 Å². The smallest absolute Gasteiger partial charge is 0.165 e. The van der Waals surface area contributed by atoms with Crippen molar-refractivity contribution in [3.8, 4) is 0 Å². The van der Waals surface area contributed by atoms with Crippen LogP contribution < -0.4 is 16.6 Å². The number of nitrogens with two attached hydrogens (primary N) is 1. The third-order valence-corrected chi connectivity index (χ3v) is 2.10. The van der Waals surface area contributed by atoms with E-state index in [2.05, 4.69) is 16.6 Å². The summed E-state index contributed by atoms with van der Waals surface area (Å²) in [7, 11) is 3.37. The first-order chi connectivity index (χ1) is 8.17. The summed E-state index contributed by atoms with van der Waals surface area (Å²) in [5.41, 5.74) is 3.93. The van der Waals surface area contributed by atoms with Gasteiger partial charge in [-0.25, -0.2) is 0 Å². The Balaban J connectivity index is 0.000000770. The maximum atomic E-state index is 10.5. The van der Waals surface area contributed by atoms with Crippen molar-refractivity contribution in [2.75, 3.05) is 14.1 Å². The third kappa shape index (κ3) is 7.52. The van der Waals surface area contributed by atoms with Gasteiger partial charge < -0.3 is 5.32 Å². The molecule has 0 aliphatic carbocycles. The Kier molecular flexibility index (Phi) is 9.05. The van der Waals surface area contributed by atoms with Gasteiger partial charge in [0, 0.05) is 12.1 Å². The van der Waals surface area contributed by atoms with E-state index in [9.17, 15) is 4.79 Å². The lowest BCUT2D eigenvalue weighted by Gasteiger charge is -1.99. The number of aldehydes is 1. The fourth-order valence-electron chi connectivity index (χ4n) is 1.10. The molecule has 1 aromatic rings. The van der Waals surface area contributed by atoms with Gasteiger partial charge >= 0.3 is 0 Å². The first-order valence-corrected chi connectivity index (χ1v) is 5.50. The van der Waals surface area contributed by atoms with E-state index in [0.29, 0.717) is 17.1 Å². The predicted octanol–water partition coefficient (Wildman–Crippen LogP) is 1.26. The highest BCUT2D eigenvalue weighted by atomic mass is 35.5. The molecule has 0 unspecified atom stereocenters. The van der Waals surface area contributed by atoms with Crippen LogP contribution in [0.15, 0.2) is 36.0 Å². The Labute approximate surface area is 107 Å². The maximum Gasteiger partial charge on any atom is 0.165 e. The average Bonchev–Trinajstić information content (AvgIpc) is 2.31. The summed E-state index contributed by atoms with van der Waals surface area (Å²) in [6.45, 7) is 0.